The lowest BCUT2D eigenvalue weighted by Crippen LogP contribution is -2.35. The van der Waals surface area contributed by atoms with Crippen molar-refractivity contribution in [3.8, 4) is 12.3 Å². The van der Waals surface area contributed by atoms with Crippen molar-refractivity contribution in [3.63, 3.8) is 0 Å². The average Bonchev–Trinajstić information content (AvgIpc) is 2.86. The molecule has 80 valence electrons. The maximum atomic E-state index is 11.5. The average molecular weight is 215 g/mol. The molecule has 1 rings (SSSR count). The lowest BCUT2D eigenvalue weighted by molar-refractivity contribution is 0.561. The minimum absolute atomic E-state index is 0.245. The third-order valence-corrected chi connectivity index (χ3v) is 3.81. The maximum Gasteiger partial charge on any atom is 0.212 e. The summed E-state index contributed by atoms with van der Waals surface area (Å²) < 4.78 is 25.6. The van der Waals surface area contributed by atoms with Gasteiger partial charge in [-0.25, -0.2) is 13.1 Å². The topological polar surface area (TPSA) is 46.2 Å². The Morgan fingerprint density at radius 3 is 2.64 bits per heavy atom. The van der Waals surface area contributed by atoms with E-state index in [4.69, 9.17) is 6.42 Å². The van der Waals surface area contributed by atoms with Crippen molar-refractivity contribution in [1.82, 2.24) is 4.72 Å². The standard InChI is InChI=1S/C10H17NO2S/c1-3-5-10(4-2)11-14(12,13)8-9-6-7-9/h2,9-11H,3,5-8H2,1H3. The molecule has 0 amide bonds. The molecule has 0 saturated heterocycles. The van der Waals surface area contributed by atoms with Gasteiger partial charge in [-0.15, -0.1) is 6.42 Å². The number of terminal acetylenes is 1. The SMILES string of the molecule is C#CC(CCC)NS(=O)(=O)CC1CC1. The zero-order chi connectivity index (χ0) is 10.6. The summed E-state index contributed by atoms with van der Waals surface area (Å²) in [4.78, 5) is 0. The fourth-order valence-electron chi connectivity index (χ4n) is 1.32. The summed E-state index contributed by atoms with van der Waals surface area (Å²) in [7, 11) is -3.14. The number of rotatable bonds is 6. The van der Waals surface area contributed by atoms with Crippen molar-refractivity contribution in [2.45, 2.75) is 38.6 Å². The van der Waals surface area contributed by atoms with E-state index in [0.717, 1.165) is 19.3 Å². The molecule has 1 aliphatic rings. The number of hydrogen-bond donors (Lipinski definition) is 1. The molecule has 0 spiro atoms. The first kappa shape index (κ1) is 11.5. The van der Waals surface area contributed by atoms with Gasteiger partial charge in [0.1, 0.15) is 0 Å². The summed E-state index contributed by atoms with van der Waals surface area (Å²) in [6.45, 7) is 1.99. The molecule has 1 fully saturated rings. The smallest absolute Gasteiger partial charge is 0.212 e. The second kappa shape index (κ2) is 4.81. The monoisotopic (exact) mass is 215 g/mol. The third-order valence-electron chi connectivity index (χ3n) is 2.25. The van der Waals surface area contributed by atoms with Crippen molar-refractivity contribution >= 4 is 10.0 Å². The van der Waals surface area contributed by atoms with Gasteiger partial charge in [0, 0.05) is 0 Å². The van der Waals surface area contributed by atoms with Gasteiger partial charge in [-0.3, -0.25) is 0 Å². The second-order valence-corrected chi connectivity index (χ2v) is 5.65. The van der Waals surface area contributed by atoms with E-state index in [1.807, 2.05) is 6.92 Å². The van der Waals surface area contributed by atoms with Crippen LogP contribution < -0.4 is 4.72 Å². The summed E-state index contributed by atoms with van der Waals surface area (Å²) in [5.74, 6) is 3.08. The van der Waals surface area contributed by atoms with E-state index in [0.29, 0.717) is 12.3 Å². The van der Waals surface area contributed by atoms with Crippen LogP contribution in [0.4, 0.5) is 0 Å². The first-order valence-electron chi connectivity index (χ1n) is 5.03. The Labute approximate surface area is 86.3 Å². The Morgan fingerprint density at radius 1 is 1.57 bits per heavy atom. The van der Waals surface area contributed by atoms with Crippen LogP contribution in [0.3, 0.4) is 0 Å². The Bertz CT molecular complexity index is 312. The number of hydrogen-bond acceptors (Lipinski definition) is 2. The molecule has 0 aromatic carbocycles. The molecule has 1 N–H and O–H groups in total. The molecule has 1 atom stereocenters. The number of nitrogens with one attached hydrogen (secondary N) is 1. The van der Waals surface area contributed by atoms with Crippen LogP contribution in [0.5, 0.6) is 0 Å². The van der Waals surface area contributed by atoms with Gasteiger partial charge in [0.25, 0.3) is 0 Å². The highest BCUT2D eigenvalue weighted by atomic mass is 32.2. The Balaban J connectivity index is 2.43. The van der Waals surface area contributed by atoms with E-state index in [1.165, 1.54) is 0 Å². The van der Waals surface area contributed by atoms with Crippen molar-refractivity contribution in [2.24, 2.45) is 5.92 Å². The van der Waals surface area contributed by atoms with Gasteiger partial charge in [-0.1, -0.05) is 19.3 Å². The van der Waals surface area contributed by atoms with Crippen molar-refractivity contribution in [1.29, 1.82) is 0 Å². The molecule has 0 heterocycles. The van der Waals surface area contributed by atoms with Crippen LogP contribution in [-0.2, 0) is 10.0 Å². The van der Waals surface area contributed by atoms with Crippen LogP contribution >= 0.6 is 0 Å². The van der Waals surface area contributed by atoms with Gasteiger partial charge < -0.3 is 0 Å². The van der Waals surface area contributed by atoms with E-state index in [9.17, 15) is 8.42 Å². The Hall–Kier alpha value is -0.530. The van der Waals surface area contributed by atoms with Gasteiger partial charge in [-0.05, 0) is 25.2 Å². The summed E-state index contributed by atoms with van der Waals surface area (Å²) in [5, 5.41) is 0. The summed E-state index contributed by atoms with van der Waals surface area (Å²) in [6.07, 6.45) is 8.91. The zero-order valence-electron chi connectivity index (χ0n) is 8.49. The predicted octanol–water partition coefficient (Wildman–Crippen LogP) is 1.12. The highest BCUT2D eigenvalue weighted by Crippen LogP contribution is 2.30. The predicted molar refractivity (Wildman–Crippen MR) is 57.2 cm³/mol. The normalized spacial score (nSPS) is 18.9. The molecule has 4 heteroatoms. The molecule has 0 aromatic heterocycles. The largest absolute Gasteiger partial charge is 0.212 e. The van der Waals surface area contributed by atoms with Crippen LogP contribution in [0.25, 0.3) is 0 Å². The third kappa shape index (κ3) is 4.12. The van der Waals surface area contributed by atoms with Crippen molar-refractivity contribution in [3.05, 3.63) is 0 Å². The molecule has 0 radical (unpaired) electrons. The fraction of sp³-hybridized carbons (Fsp3) is 0.800. The highest BCUT2D eigenvalue weighted by Gasteiger charge is 2.28. The van der Waals surface area contributed by atoms with Crippen LogP contribution in [0.2, 0.25) is 0 Å². The molecule has 1 saturated carbocycles. The maximum absolute atomic E-state index is 11.5. The van der Waals surface area contributed by atoms with Crippen molar-refractivity contribution < 1.29 is 8.42 Å². The zero-order valence-corrected chi connectivity index (χ0v) is 9.31. The molecule has 0 bridgehead atoms. The molecule has 0 aliphatic heterocycles. The van der Waals surface area contributed by atoms with Gasteiger partial charge >= 0.3 is 0 Å². The quantitative estimate of drug-likeness (QED) is 0.675. The van der Waals surface area contributed by atoms with Crippen LogP contribution in [0.1, 0.15) is 32.6 Å². The molecule has 1 unspecified atom stereocenters. The highest BCUT2D eigenvalue weighted by molar-refractivity contribution is 7.89. The fourth-order valence-corrected chi connectivity index (χ4v) is 2.99. The molecule has 3 nitrogen and oxygen atoms in total. The second-order valence-electron chi connectivity index (χ2n) is 3.85. The molecule has 14 heavy (non-hydrogen) atoms. The van der Waals surface area contributed by atoms with Crippen LogP contribution in [0.15, 0.2) is 0 Å². The lowest BCUT2D eigenvalue weighted by atomic mass is 10.2. The first-order valence-corrected chi connectivity index (χ1v) is 6.68. The first-order chi connectivity index (χ1) is 6.57. The molecule has 0 aromatic rings. The van der Waals surface area contributed by atoms with Gasteiger partial charge in [0.05, 0.1) is 11.8 Å². The Kier molecular flexibility index (Phi) is 3.97. The lowest BCUT2D eigenvalue weighted by Gasteiger charge is -2.11. The van der Waals surface area contributed by atoms with E-state index in [1.54, 1.807) is 0 Å². The summed E-state index contributed by atoms with van der Waals surface area (Å²) >= 11 is 0. The van der Waals surface area contributed by atoms with E-state index in [-0.39, 0.29) is 11.8 Å². The molecule has 1 aliphatic carbocycles. The van der Waals surface area contributed by atoms with E-state index < -0.39 is 10.0 Å². The summed E-state index contributed by atoms with van der Waals surface area (Å²) in [5.41, 5.74) is 0. The minimum atomic E-state index is -3.14. The molecular weight excluding hydrogens is 198 g/mol. The van der Waals surface area contributed by atoms with E-state index in [2.05, 4.69) is 10.6 Å². The number of sulfonamides is 1. The van der Waals surface area contributed by atoms with Crippen molar-refractivity contribution in [2.75, 3.05) is 5.75 Å². The van der Waals surface area contributed by atoms with Crippen LogP contribution in [0, 0.1) is 18.3 Å². The molecular formula is C10H17NO2S. The van der Waals surface area contributed by atoms with Crippen LogP contribution in [-0.4, -0.2) is 20.2 Å². The minimum Gasteiger partial charge on any atom is -0.212 e. The van der Waals surface area contributed by atoms with Gasteiger partial charge in [-0.2, -0.15) is 0 Å². The van der Waals surface area contributed by atoms with Gasteiger partial charge in [0.15, 0.2) is 0 Å². The summed E-state index contributed by atoms with van der Waals surface area (Å²) in [6, 6.07) is -0.330. The van der Waals surface area contributed by atoms with E-state index >= 15 is 0 Å². The van der Waals surface area contributed by atoms with Gasteiger partial charge in [0.2, 0.25) is 10.0 Å². The Morgan fingerprint density at radius 2 is 2.21 bits per heavy atom.